The van der Waals surface area contributed by atoms with Crippen LogP contribution in [0.2, 0.25) is 0 Å². The van der Waals surface area contributed by atoms with E-state index in [2.05, 4.69) is 31.4 Å². The van der Waals surface area contributed by atoms with E-state index in [4.69, 9.17) is 0 Å². The molecule has 18 heavy (non-hydrogen) atoms. The molecule has 1 saturated carbocycles. The van der Waals surface area contributed by atoms with Crippen LogP contribution in [0.1, 0.15) is 52.9 Å². The van der Waals surface area contributed by atoms with Crippen LogP contribution in [0.25, 0.3) is 0 Å². The van der Waals surface area contributed by atoms with Gasteiger partial charge in [-0.1, -0.05) is 33.6 Å². The van der Waals surface area contributed by atoms with Crippen molar-refractivity contribution in [1.29, 1.82) is 0 Å². The van der Waals surface area contributed by atoms with Crippen molar-refractivity contribution < 1.29 is 4.79 Å². The second-order valence-corrected chi connectivity index (χ2v) is 6.50. The number of nitrogens with one attached hydrogen (secondary N) is 2. The van der Waals surface area contributed by atoms with Gasteiger partial charge < -0.3 is 10.6 Å². The minimum absolute atomic E-state index is 0.170. The first-order valence-electron chi connectivity index (χ1n) is 7.60. The highest BCUT2D eigenvalue weighted by Gasteiger charge is 2.44. The van der Waals surface area contributed by atoms with Gasteiger partial charge in [0.2, 0.25) is 5.91 Å². The fourth-order valence-electron chi connectivity index (χ4n) is 3.07. The summed E-state index contributed by atoms with van der Waals surface area (Å²) in [4.78, 5) is 12.6. The van der Waals surface area contributed by atoms with E-state index in [0.717, 1.165) is 31.8 Å². The molecule has 2 fully saturated rings. The van der Waals surface area contributed by atoms with Gasteiger partial charge in [0.05, 0.1) is 5.41 Å². The molecular formula is C15H28N2O. The van der Waals surface area contributed by atoms with Gasteiger partial charge in [-0.15, -0.1) is 0 Å². The molecule has 0 aromatic carbocycles. The molecule has 2 aliphatic rings. The third kappa shape index (κ3) is 2.87. The zero-order valence-corrected chi connectivity index (χ0v) is 12.1. The Hall–Kier alpha value is -0.570. The van der Waals surface area contributed by atoms with Crippen LogP contribution in [0.15, 0.2) is 0 Å². The quantitative estimate of drug-likeness (QED) is 0.761. The van der Waals surface area contributed by atoms with Crippen molar-refractivity contribution in [2.45, 2.75) is 58.9 Å². The predicted molar refractivity (Wildman–Crippen MR) is 74.3 cm³/mol. The van der Waals surface area contributed by atoms with Crippen LogP contribution in [0, 0.1) is 17.3 Å². The van der Waals surface area contributed by atoms with E-state index >= 15 is 0 Å². The van der Waals surface area contributed by atoms with Crippen LogP contribution in [0.5, 0.6) is 0 Å². The highest BCUT2D eigenvalue weighted by Crippen LogP contribution is 2.36. The van der Waals surface area contributed by atoms with E-state index in [1.807, 2.05) is 0 Å². The van der Waals surface area contributed by atoms with E-state index in [0.29, 0.717) is 12.0 Å². The summed E-state index contributed by atoms with van der Waals surface area (Å²) in [7, 11) is 0. The maximum Gasteiger partial charge on any atom is 0.228 e. The van der Waals surface area contributed by atoms with Crippen molar-refractivity contribution in [3.63, 3.8) is 0 Å². The topological polar surface area (TPSA) is 41.1 Å². The van der Waals surface area contributed by atoms with Crippen molar-refractivity contribution in [3.8, 4) is 0 Å². The van der Waals surface area contributed by atoms with Crippen LogP contribution >= 0.6 is 0 Å². The molecule has 0 radical (unpaired) electrons. The molecule has 2 rings (SSSR count). The fourth-order valence-corrected chi connectivity index (χ4v) is 3.07. The molecule has 3 heteroatoms. The Bertz CT molecular complexity index is 291. The SMILES string of the molecule is CCC(CC1CC1)NC(=O)C1(C(C)C)CCNC1. The summed E-state index contributed by atoms with van der Waals surface area (Å²) in [5.41, 5.74) is -0.170. The average molecular weight is 252 g/mol. The van der Waals surface area contributed by atoms with Crippen LogP contribution in [0.4, 0.5) is 0 Å². The Labute approximate surface area is 111 Å². The fraction of sp³-hybridized carbons (Fsp3) is 0.933. The van der Waals surface area contributed by atoms with Crippen molar-refractivity contribution in [1.82, 2.24) is 10.6 Å². The molecule has 3 nitrogen and oxygen atoms in total. The van der Waals surface area contributed by atoms with Gasteiger partial charge in [-0.05, 0) is 37.6 Å². The van der Waals surface area contributed by atoms with Crippen LogP contribution < -0.4 is 10.6 Å². The number of amides is 1. The van der Waals surface area contributed by atoms with Gasteiger partial charge in [-0.25, -0.2) is 0 Å². The van der Waals surface area contributed by atoms with Gasteiger partial charge >= 0.3 is 0 Å². The third-order valence-corrected chi connectivity index (χ3v) is 4.89. The Kier molecular flexibility index (Phi) is 4.31. The summed E-state index contributed by atoms with van der Waals surface area (Å²) < 4.78 is 0. The summed E-state index contributed by atoms with van der Waals surface area (Å²) >= 11 is 0. The normalized spacial score (nSPS) is 29.6. The number of rotatable bonds is 6. The number of hydrogen-bond acceptors (Lipinski definition) is 2. The highest BCUT2D eigenvalue weighted by molar-refractivity contribution is 5.83. The first kappa shape index (κ1) is 13.9. The Balaban J connectivity index is 1.95. The monoisotopic (exact) mass is 252 g/mol. The van der Waals surface area contributed by atoms with E-state index in [1.165, 1.54) is 19.3 Å². The lowest BCUT2D eigenvalue weighted by Crippen LogP contribution is -2.49. The third-order valence-electron chi connectivity index (χ3n) is 4.89. The Morgan fingerprint density at radius 3 is 2.61 bits per heavy atom. The zero-order chi connectivity index (χ0) is 13.2. The van der Waals surface area contributed by atoms with Crippen molar-refractivity contribution in [2.75, 3.05) is 13.1 Å². The van der Waals surface area contributed by atoms with E-state index < -0.39 is 0 Å². The molecule has 1 amide bonds. The van der Waals surface area contributed by atoms with E-state index in [1.54, 1.807) is 0 Å². The Morgan fingerprint density at radius 2 is 2.17 bits per heavy atom. The molecule has 0 spiro atoms. The van der Waals surface area contributed by atoms with Crippen LogP contribution in [-0.2, 0) is 4.79 Å². The lowest BCUT2D eigenvalue weighted by molar-refractivity contribution is -0.133. The minimum atomic E-state index is -0.170. The van der Waals surface area contributed by atoms with Gasteiger partial charge in [0.1, 0.15) is 0 Å². The molecule has 0 aromatic heterocycles. The Morgan fingerprint density at radius 1 is 1.44 bits per heavy atom. The molecule has 0 aromatic rings. The number of carbonyl (C=O) groups excluding carboxylic acids is 1. The van der Waals surface area contributed by atoms with Crippen LogP contribution in [-0.4, -0.2) is 25.0 Å². The van der Waals surface area contributed by atoms with Gasteiger partial charge in [-0.2, -0.15) is 0 Å². The lowest BCUT2D eigenvalue weighted by atomic mass is 9.75. The van der Waals surface area contributed by atoms with Gasteiger partial charge in [0.25, 0.3) is 0 Å². The number of carbonyl (C=O) groups is 1. The maximum atomic E-state index is 12.6. The predicted octanol–water partition coefficient (Wildman–Crippen LogP) is 2.32. The molecule has 2 atom stereocenters. The molecule has 104 valence electrons. The largest absolute Gasteiger partial charge is 0.353 e. The molecular weight excluding hydrogens is 224 g/mol. The zero-order valence-electron chi connectivity index (χ0n) is 12.1. The maximum absolute atomic E-state index is 12.6. The van der Waals surface area contributed by atoms with Gasteiger partial charge in [-0.3, -0.25) is 4.79 Å². The summed E-state index contributed by atoms with van der Waals surface area (Å²) in [6.45, 7) is 8.35. The first-order valence-corrected chi connectivity index (χ1v) is 7.60. The van der Waals surface area contributed by atoms with Crippen molar-refractivity contribution in [3.05, 3.63) is 0 Å². The molecule has 0 bridgehead atoms. The summed E-state index contributed by atoms with van der Waals surface area (Å²) in [6.07, 6.45) is 5.95. The summed E-state index contributed by atoms with van der Waals surface area (Å²) in [5.74, 6) is 1.58. The van der Waals surface area contributed by atoms with Crippen molar-refractivity contribution in [2.24, 2.45) is 17.3 Å². The molecule has 2 unspecified atom stereocenters. The molecule has 1 aliphatic carbocycles. The summed E-state index contributed by atoms with van der Waals surface area (Å²) in [5, 5.41) is 6.68. The average Bonchev–Trinajstić information content (AvgIpc) is 3.00. The highest BCUT2D eigenvalue weighted by atomic mass is 16.2. The molecule has 1 heterocycles. The van der Waals surface area contributed by atoms with Crippen LogP contribution in [0.3, 0.4) is 0 Å². The smallest absolute Gasteiger partial charge is 0.228 e. The number of hydrogen-bond donors (Lipinski definition) is 2. The lowest BCUT2D eigenvalue weighted by Gasteiger charge is -2.33. The second-order valence-electron chi connectivity index (χ2n) is 6.50. The molecule has 1 saturated heterocycles. The van der Waals surface area contributed by atoms with Gasteiger partial charge in [0.15, 0.2) is 0 Å². The van der Waals surface area contributed by atoms with Gasteiger partial charge in [0, 0.05) is 12.6 Å². The molecule has 1 aliphatic heterocycles. The van der Waals surface area contributed by atoms with E-state index in [-0.39, 0.29) is 11.3 Å². The summed E-state index contributed by atoms with van der Waals surface area (Å²) in [6, 6.07) is 0.390. The molecule has 2 N–H and O–H groups in total. The second kappa shape index (κ2) is 5.60. The first-order chi connectivity index (χ1) is 8.58. The van der Waals surface area contributed by atoms with Crippen molar-refractivity contribution >= 4 is 5.91 Å². The standard InChI is InChI=1S/C15H28N2O/c1-4-13(9-12-5-6-12)17-14(18)15(11(2)3)7-8-16-10-15/h11-13,16H,4-10H2,1-3H3,(H,17,18). The minimum Gasteiger partial charge on any atom is -0.353 e. The van der Waals surface area contributed by atoms with E-state index in [9.17, 15) is 4.79 Å².